The quantitative estimate of drug-likeness (QED) is 0.662. The summed E-state index contributed by atoms with van der Waals surface area (Å²) in [6.45, 7) is 0. The average molecular weight is 169 g/mol. The van der Waals surface area contributed by atoms with Gasteiger partial charge in [0, 0.05) is 6.20 Å². The Labute approximate surface area is 66.7 Å². The van der Waals surface area contributed by atoms with Gasteiger partial charge in [-0.1, -0.05) is 0 Å². The first kappa shape index (κ1) is 8.32. The van der Waals surface area contributed by atoms with Crippen LogP contribution in [-0.2, 0) is 0 Å². The summed E-state index contributed by atoms with van der Waals surface area (Å²) in [6, 6.07) is 0.991. The first-order valence-corrected chi connectivity index (χ1v) is 2.99. The standard InChI is InChI=1S/C7H4FNO3/c8-6-4(7(11)12)1-2-9-5(6)3-10/h1-3H,(H,11,12). The molecule has 0 bridgehead atoms. The fourth-order valence-electron chi connectivity index (χ4n) is 0.707. The van der Waals surface area contributed by atoms with E-state index in [2.05, 4.69) is 4.98 Å². The number of carboxylic acids is 1. The van der Waals surface area contributed by atoms with E-state index in [0.29, 0.717) is 0 Å². The molecule has 0 unspecified atom stereocenters. The molecule has 0 saturated heterocycles. The van der Waals surface area contributed by atoms with Gasteiger partial charge in [-0.25, -0.2) is 9.18 Å². The van der Waals surface area contributed by atoms with Crippen LogP contribution in [0, 0.1) is 5.82 Å². The number of carbonyl (C=O) groups is 2. The summed E-state index contributed by atoms with van der Waals surface area (Å²) in [4.78, 5) is 23.7. The van der Waals surface area contributed by atoms with E-state index in [1.165, 1.54) is 0 Å². The van der Waals surface area contributed by atoms with Gasteiger partial charge in [-0.05, 0) is 6.07 Å². The molecule has 62 valence electrons. The predicted molar refractivity (Wildman–Crippen MR) is 36.5 cm³/mol. The fraction of sp³-hybridized carbons (Fsp3) is 0. The Balaban J connectivity index is 3.32. The van der Waals surface area contributed by atoms with Crippen molar-refractivity contribution in [1.29, 1.82) is 0 Å². The highest BCUT2D eigenvalue weighted by Crippen LogP contribution is 2.07. The molecule has 0 aliphatic rings. The summed E-state index contributed by atoms with van der Waals surface area (Å²) in [5.74, 6) is -2.52. The molecule has 1 aromatic rings. The minimum atomic E-state index is -1.42. The molecule has 12 heavy (non-hydrogen) atoms. The highest BCUT2D eigenvalue weighted by Gasteiger charge is 2.13. The minimum Gasteiger partial charge on any atom is -0.478 e. The van der Waals surface area contributed by atoms with Crippen LogP contribution in [0.3, 0.4) is 0 Å². The number of halogens is 1. The van der Waals surface area contributed by atoms with Gasteiger partial charge in [-0.2, -0.15) is 0 Å². The molecule has 0 radical (unpaired) electrons. The molecular formula is C7H4FNO3. The topological polar surface area (TPSA) is 67.3 Å². The van der Waals surface area contributed by atoms with E-state index in [1.54, 1.807) is 0 Å². The molecular weight excluding hydrogens is 165 g/mol. The zero-order valence-electron chi connectivity index (χ0n) is 5.82. The number of carbonyl (C=O) groups excluding carboxylic acids is 1. The Morgan fingerprint density at radius 1 is 1.67 bits per heavy atom. The Kier molecular flexibility index (Phi) is 2.14. The number of aldehydes is 1. The summed E-state index contributed by atoms with van der Waals surface area (Å²) < 4.78 is 12.8. The molecule has 5 heteroatoms. The summed E-state index contributed by atoms with van der Waals surface area (Å²) in [6.07, 6.45) is 1.23. The van der Waals surface area contributed by atoms with Crippen LogP contribution in [0.4, 0.5) is 4.39 Å². The van der Waals surface area contributed by atoms with Crippen molar-refractivity contribution >= 4 is 12.3 Å². The summed E-state index contributed by atoms with van der Waals surface area (Å²) >= 11 is 0. The molecule has 0 aliphatic carbocycles. The first-order valence-electron chi connectivity index (χ1n) is 2.99. The van der Waals surface area contributed by atoms with Crippen LogP contribution >= 0.6 is 0 Å². The lowest BCUT2D eigenvalue weighted by molar-refractivity contribution is 0.0691. The third kappa shape index (κ3) is 1.29. The Bertz CT molecular complexity index is 337. The highest BCUT2D eigenvalue weighted by atomic mass is 19.1. The lowest BCUT2D eigenvalue weighted by atomic mass is 10.2. The van der Waals surface area contributed by atoms with Gasteiger partial charge in [0.1, 0.15) is 5.69 Å². The molecule has 0 aliphatic heterocycles. The molecule has 0 fully saturated rings. The monoisotopic (exact) mass is 169 g/mol. The third-order valence-electron chi connectivity index (χ3n) is 1.26. The van der Waals surface area contributed by atoms with E-state index >= 15 is 0 Å². The Hall–Kier alpha value is -1.78. The third-order valence-corrected chi connectivity index (χ3v) is 1.26. The zero-order chi connectivity index (χ0) is 9.14. The number of rotatable bonds is 2. The van der Waals surface area contributed by atoms with E-state index in [0.717, 1.165) is 12.3 Å². The van der Waals surface area contributed by atoms with Gasteiger partial charge in [0.2, 0.25) is 0 Å². The molecule has 0 spiro atoms. The molecule has 1 rings (SSSR count). The molecule has 0 saturated carbocycles. The molecule has 0 atom stereocenters. The van der Waals surface area contributed by atoms with Crippen molar-refractivity contribution in [1.82, 2.24) is 4.98 Å². The molecule has 1 aromatic heterocycles. The number of hydrogen-bond acceptors (Lipinski definition) is 3. The van der Waals surface area contributed by atoms with Gasteiger partial charge < -0.3 is 5.11 Å². The van der Waals surface area contributed by atoms with Gasteiger partial charge in [0.05, 0.1) is 5.56 Å². The highest BCUT2D eigenvalue weighted by molar-refractivity contribution is 5.89. The number of nitrogens with zero attached hydrogens (tertiary/aromatic N) is 1. The van der Waals surface area contributed by atoms with Gasteiger partial charge >= 0.3 is 5.97 Å². The molecule has 0 amide bonds. The Morgan fingerprint density at radius 2 is 2.33 bits per heavy atom. The number of hydrogen-bond donors (Lipinski definition) is 1. The minimum absolute atomic E-state index is 0.168. The smallest absolute Gasteiger partial charge is 0.338 e. The first-order chi connectivity index (χ1) is 5.66. The Morgan fingerprint density at radius 3 is 2.83 bits per heavy atom. The zero-order valence-corrected chi connectivity index (χ0v) is 5.82. The largest absolute Gasteiger partial charge is 0.478 e. The van der Waals surface area contributed by atoms with Crippen molar-refractivity contribution in [3.8, 4) is 0 Å². The van der Waals surface area contributed by atoms with Crippen LogP contribution in [-0.4, -0.2) is 22.3 Å². The van der Waals surface area contributed by atoms with Crippen LogP contribution in [0.25, 0.3) is 0 Å². The second-order valence-corrected chi connectivity index (χ2v) is 1.98. The summed E-state index contributed by atoms with van der Waals surface area (Å²) in [5, 5.41) is 8.40. The molecule has 1 N–H and O–H groups in total. The lowest BCUT2D eigenvalue weighted by Gasteiger charge is -1.96. The van der Waals surface area contributed by atoms with Crippen LogP contribution in [0.1, 0.15) is 20.8 Å². The normalized spacial score (nSPS) is 9.42. The van der Waals surface area contributed by atoms with Crippen molar-refractivity contribution in [2.24, 2.45) is 0 Å². The van der Waals surface area contributed by atoms with Crippen molar-refractivity contribution in [2.75, 3.05) is 0 Å². The predicted octanol–water partition coefficient (Wildman–Crippen LogP) is 0.731. The number of aromatic carboxylic acids is 1. The maximum atomic E-state index is 12.8. The maximum absolute atomic E-state index is 12.8. The fourth-order valence-corrected chi connectivity index (χ4v) is 0.707. The number of aromatic nitrogens is 1. The number of carboxylic acid groups (broad SMARTS) is 1. The second kappa shape index (κ2) is 3.08. The summed E-state index contributed by atoms with van der Waals surface area (Å²) in [5.41, 5.74) is -1.04. The SMILES string of the molecule is O=Cc1nccc(C(=O)O)c1F. The van der Waals surface area contributed by atoms with Crippen LogP contribution < -0.4 is 0 Å². The van der Waals surface area contributed by atoms with Gasteiger partial charge in [-0.3, -0.25) is 9.78 Å². The van der Waals surface area contributed by atoms with Gasteiger partial charge in [0.25, 0.3) is 0 Å². The van der Waals surface area contributed by atoms with Crippen molar-refractivity contribution in [2.45, 2.75) is 0 Å². The van der Waals surface area contributed by atoms with Gasteiger partial charge in [-0.15, -0.1) is 0 Å². The molecule has 4 nitrogen and oxygen atoms in total. The van der Waals surface area contributed by atoms with Crippen LogP contribution in [0.5, 0.6) is 0 Å². The van der Waals surface area contributed by atoms with E-state index in [9.17, 15) is 14.0 Å². The average Bonchev–Trinajstić information content (AvgIpc) is 2.04. The maximum Gasteiger partial charge on any atom is 0.338 e. The summed E-state index contributed by atoms with van der Waals surface area (Å²) in [7, 11) is 0. The number of pyridine rings is 1. The van der Waals surface area contributed by atoms with Crippen LogP contribution in [0.2, 0.25) is 0 Å². The second-order valence-electron chi connectivity index (χ2n) is 1.98. The van der Waals surface area contributed by atoms with E-state index < -0.39 is 23.0 Å². The lowest BCUT2D eigenvalue weighted by Crippen LogP contribution is -2.04. The van der Waals surface area contributed by atoms with Crippen molar-refractivity contribution in [3.05, 3.63) is 29.3 Å². The molecule has 0 aromatic carbocycles. The molecule has 1 heterocycles. The van der Waals surface area contributed by atoms with Crippen molar-refractivity contribution < 1.29 is 19.1 Å². The van der Waals surface area contributed by atoms with Gasteiger partial charge in [0.15, 0.2) is 12.1 Å². The van der Waals surface area contributed by atoms with Crippen LogP contribution in [0.15, 0.2) is 12.3 Å². The van der Waals surface area contributed by atoms with E-state index in [1.807, 2.05) is 0 Å². The van der Waals surface area contributed by atoms with E-state index in [-0.39, 0.29) is 6.29 Å². The van der Waals surface area contributed by atoms with E-state index in [4.69, 9.17) is 5.11 Å². The van der Waals surface area contributed by atoms with Crippen molar-refractivity contribution in [3.63, 3.8) is 0 Å².